The Labute approximate surface area is 180 Å². The van der Waals surface area contributed by atoms with Gasteiger partial charge in [0.1, 0.15) is 5.75 Å². The standard InChI is InChI=1S/C22H31N3O6/c1-12(25-19(29)23-18(28)24-20(25)30)31-17(27)14(11-21(2,3)4)13-8-9-16(26)15(10-13)22(5,6)7/h8-10,12,14,26H,11H2,1-7H3,(H2,23,24,28,29,30). The molecule has 0 bridgehead atoms. The van der Waals surface area contributed by atoms with Crippen LogP contribution < -0.4 is 17.1 Å². The van der Waals surface area contributed by atoms with Crippen LogP contribution in [0.4, 0.5) is 0 Å². The Bertz CT molecular complexity index is 1090. The molecule has 2 aromatic rings. The Morgan fingerprint density at radius 2 is 1.61 bits per heavy atom. The van der Waals surface area contributed by atoms with Gasteiger partial charge in [-0.05, 0) is 41.4 Å². The molecule has 31 heavy (non-hydrogen) atoms. The van der Waals surface area contributed by atoms with Crippen molar-refractivity contribution in [1.29, 1.82) is 0 Å². The molecule has 0 fully saturated rings. The van der Waals surface area contributed by atoms with Crippen molar-refractivity contribution in [3.8, 4) is 5.75 Å². The zero-order valence-electron chi connectivity index (χ0n) is 19.0. The third-order valence-electron chi connectivity index (χ3n) is 4.86. The summed E-state index contributed by atoms with van der Waals surface area (Å²) < 4.78 is 6.11. The van der Waals surface area contributed by atoms with Crippen LogP contribution in [0, 0.1) is 5.41 Å². The van der Waals surface area contributed by atoms with Crippen molar-refractivity contribution in [2.75, 3.05) is 0 Å². The topological polar surface area (TPSA) is 134 Å². The van der Waals surface area contributed by atoms with Crippen LogP contribution in [-0.2, 0) is 14.9 Å². The number of ether oxygens (including phenoxy) is 1. The number of esters is 1. The quantitative estimate of drug-likeness (QED) is 0.620. The van der Waals surface area contributed by atoms with E-state index in [0.29, 0.717) is 22.1 Å². The van der Waals surface area contributed by atoms with Gasteiger partial charge in [-0.3, -0.25) is 14.8 Å². The van der Waals surface area contributed by atoms with Gasteiger partial charge in [0.2, 0.25) is 0 Å². The lowest BCUT2D eigenvalue weighted by Crippen LogP contribution is -2.45. The predicted molar refractivity (Wildman–Crippen MR) is 116 cm³/mol. The highest BCUT2D eigenvalue weighted by molar-refractivity contribution is 5.78. The molecule has 1 heterocycles. The van der Waals surface area contributed by atoms with Crippen LogP contribution >= 0.6 is 0 Å². The van der Waals surface area contributed by atoms with Crippen LogP contribution in [0.1, 0.15) is 78.2 Å². The van der Waals surface area contributed by atoms with Gasteiger partial charge in [-0.25, -0.2) is 19.0 Å². The van der Waals surface area contributed by atoms with E-state index in [1.807, 2.05) is 51.5 Å². The number of aromatic hydroxyl groups is 1. The summed E-state index contributed by atoms with van der Waals surface area (Å²) in [6, 6.07) is 5.02. The van der Waals surface area contributed by atoms with Crippen molar-refractivity contribution < 1.29 is 14.6 Å². The minimum atomic E-state index is -1.23. The second kappa shape index (κ2) is 8.56. The molecule has 0 radical (unpaired) electrons. The zero-order chi connectivity index (χ0) is 23.7. The van der Waals surface area contributed by atoms with E-state index < -0.39 is 35.2 Å². The Morgan fingerprint density at radius 3 is 2.10 bits per heavy atom. The normalized spacial score (nSPS) is 14.2. The summed E-state index contributed by atoms with van der Waals surface area (Å²) in [5, 5.41) is 10.3. The van der Waals surface area contributed by atoms with Gasteiger partial charge < -0.3 is 9.84 Å². The molecule has 1 aromatic carbocycles. The molecule has 0 aliphatic rings. The number of carbonyl (C=O) groups excluding carboxylic acids is 1. The average molecular weight is 434 g/mol. The van der Waals surface area contributed by atoms with E-state index in [9.17, 15) is 24.3 Å². The maximum atomic E-state index is 13.2. The first-order valence-electron chi connectivity index (χ1n) is 10.1. The molecule has 0 spiro atoms. The van der Waals surface area contributed by atoms with Crippen LogP contribution in [0.15, 0.2) is 32.6 Å². The first kappa shape index (κ1) is 24.2. The van der Waals surface area contributed by atoms with Gasteiger partial charge in [0.15, 0.2) is 6.23 Å². The second-order valence-electron chi connectivity index (χ2n) is 9.94. The highest BCUT2D eigenvalue weighted by Gasteiger charge is 2.31. The fourth-order valence-corrected chi connectivity index (χ4v) is 3.39. The van der Waals surface area contributed by atoms with Crippen molar-refractivity contribution in [3.05, 3.63) is 60.8 Å². The van der Waals surface area contributed by atoms with Crippen molar-refractivity contribution in [2.24, 2.45) is 5.41 Å². The Hall–Kier alpha value is -3.10. The monoisotopic (exact) mass is 433 g/mol. The Kier molecular flexibility index (Phi) is 6.68. The zero-order valence-corrected chi connectivity index (χ0v) is 19.0. The minimum absolute atomic E-state index is 0.138. The predicted octanol–water partition coefficient (Wildman–Crippen LogP) is 2.51. The number of aromatic nitrogens is 3. The number of phenols is 1. The molecule has 2 atom stereocenters. The van der Waals surface area contributed by atoms with Gasteiger partial charge in [-0.1, -0.05) is 53.7 Å². The molecule has 0 aliphatic heterocycles. The van der Waals surface area contributed by atoms with Crippen molar-refractivity contribution in [3.63, 3.8) is 0 Å². The summed E-state index contributed by atoms with van der Waals surface area (Å²) in [5.74, 6) is -1.18. The number of hydrogen-bond donors (Lipinski definition) is 3. The number of carbonyl (C=O) groups is 1. The molecule has 0 saturated heterocycles. The number of aromatic amines is 2. The summed E-state index contributed by atoms with van der Waals surface area (Å²) in [6.45, 7) is 13.2. The van der Waals surface area contributed by atoms with Gasteiger partial charge in [-0.15, -0.1) is 0 Å². The van der Waals surface area contributed by atoms with Crippen molar-refractivity contribution >= 4 is 5.97 Å². The van der Waals surface area contributed by atoms with Crippen LogP contribution in [0.5, 0.6) is 5.75 Å². The van der Waals surface area contributed by atoms with Crippen LogP contribution in [0.25, 0.3) is 0 Å². The first-order valence-corrected chi connectivity index (χ1v) is 10.1. The summed E-state index contributed by atoms with van der Waals surface area (Å²) in [7, 11) is 0. The fraction of sp³-hybridized carbons (Fsp3) is 0.545. The number of hydrogen-bond acceptors (Lipinski definition) is 6. The minimum Gasteiger partial charge on any atom is -0.508 e. The third-order valence-corrected chi connectivity index (χ3v) is 4.86. The molecule has 2 unspecified atom stereocenters. The van der Waals surface area contributed by atoms with E-state index in [2.05, 4.69) is 0 Å². The Balaban J connectivity index is 2.46. The summed E-state index contributed by atoms with van der Waals surface area (Å²) >= 11 is 0. The smallest absolute Gasteiger partial charge is 0.336 e. The van der Waals surface area contributed by atoms with Crippen LogP contribution in [0.2, 0.25) is 0 Å². The van der Waals surface area contributed by atoms with Gasteiger partial charge in [0.05, 0.1) is 5.92 Å². The van der Waals surface area contributed by atoms with E-state index in [1.54, 1.807) is 18.2 Å². The van der Waals surface area contributed by atoms with Gasteiger partial charge in [-0.2, -0.15) is 0 Å². The molecule has 3 N–H and O–H groups in total. The summed E-state index contributed by atoms with van der Waals surface area (Å²) in [5.41, 5.74) is -2.11. The van der Waals surface area contributed by atoms with Crippen molar-refractivity contribution in [2.45, 2.75) is 72.4 Å². The number of benzene rings is 1. The van der Waals surface area contributed by atoms with E-state index in [1.165, 1.54) is 6.92 Å². The first-order chi connectivity index (χ1) is 14.1. The van der Waals surface area contributed by atoms with Gasteiger partial charge in [0, 0.05) is 0 Å². The van der Waals surface area contributed by atoms with Crippen LogP contribution in [-0.4, -0.2) is 25.6 Å². The SMILES string of the molecule is CC(OC(=O)C(CC(C)(C)C)c1ccc(O)c(C(C)(C)C)c1)n1c(=O)[nH]c(=O)[nH]c1=O. The molecule has 170 valence electrons. The third kappa shape index (κ3) is 5.96. The lowest BCUT2D eigenvalue weighted by atomic mass is 9.79. The molecular formula is C22H31N3O6. The molecule has 1 aromatic heterocycles. The molecule has 0 saturated carbocycles. The van der Waals surface area contributed by atoms with Crippen molar-refractivity contribution in [1.82, 2.24) is 14.5 Å². The van der Waals surface area contributed by atoms with E-state index in [-0.39, 0.29) is 16.6 Å². The lowest BCUT2D eigenvalue weighted by molar-refractivity contribution is -0.155. The number of phenolic OH excluding ortho intramolecular Hbond substituents is 1. The van der Waals surface area contributed by atoms with Gasteiger partial charge >= 0.3 is 23.0 Å². The number of nitrogens with one attached hydrogen (secondary N) is 2. The molecule has 9 nitrogen and oxygen atoms in total. The molecule has 0 aliphatic carbocycles. The Morgan fingerprint density at radius 1 is 1.06 bits per heavy atom. The highest BCUT2D eigenvalue weighted by atomic mass is 16.6. The number of rotatable bonds is 5. The highest BCUT2D eigenvalue weighted by Crippen LogP contribution is 2.37. The average Bonchev–Trinajstić information content (AvgIpc) is 2.57. The maximum Gasteiger partial charge on any atom is 0.336 e. The molecule has 2 rings (SSSR count). The van der Waals surface area contributed by atoms with Gasteiger partial charge in [0.25, 0.3) is 0 Å². The summed E-state index contributed by atoms with van der Waals surface area (Å²) in [6.07, 6.45) is -0.800. The second-order valence-corrected chi connectivity index (χ2v) is 9.94. The fourth-order valence-electron chi connectivity index (χ4n) is 3.39. The molecular weight excluding hydrogens is 402 g/mol. The van der Waals surface area contributed by atoms with Crippen LogP contribution in [0.3, 0.4) is 0 Å². The largest absolute Gasteiger partial charge is 0.508 e. The molecule has 9 heteroatoms. The van der Waals surface area contributed by atoms with E-state index >= 15 is 0 Å². The summed E-state index contributed by atoms with van der Waals surface area (Å²) in [4.78, 5) is 52.3. The molecule has 0 amide bonds. The van der Waals surface area contributed by atoms with E-state index in [0.717, 1.165) is 0 Å². The lowest BCUT2D eigenvalue weighted by Gasteiger charge is -2.28. The maximum absolute atomic E-state index is 13.2. The van der Waals surface area contributed by atoms with E-state index in [4.69, 9.17) is 4.74 Å². The number of nitrogens with zero attached hydrogens (tertiary/aromatic N) is 1. The number of H-pyrrole nitrogens is 2.